The summed E-state index contributed by atoms with van der Waals surface area (Å²) in [5, 5.41) is 1.61. The molecule has 1 aromatic heterocycles. The van der Waals surface area contributed by atoms with Crippen molar-refractivity contribution < 1.29 is 8.42 Å². The lowest BCUT2D eigenvalue weighted by atomic mass is 10.2. The highest BCUT2D eigenvalue weighted by Gasteiger charge is 2.20. The van der Waals surface area contributed by atoms with Gasteiger partial charge >= 0.3 is 0 Å². The zero-order valence-electron chi connectivity index (χ0n) is 11.1. The smallest absolute Gasteiger partial charge is 0.208 e. The molecule has 0 amide bonds. The normalized spacial score (nSPS) is 14.6. The molecule has 3 nitrogen and oxygen atoms in total. The number of H-pyrrole nitrogens is 1. The minimum atomic E-state index is -3.48. The van der Waals surface area contributed by atoms with Crippen LogP contribution in [0.15, 0.2) is 58.0 Å². The third-order valence-electron chi connectivity index (χ3n) is 3.42. The van der Waals surface area contributed by atoms with Gasteiger partial charge in [0.15, 0.2) is 0 Å². The number of hydrogen-bond acceptors (Lipinski definition) is 2. The van der Waals surface area contributed by atoms with Gasteiger partial charge in [0.25, 0.3) is 0 Å². The van der Waals surface area contributed by atoms with E-state index < -0.39 is 9.84 Å². The fourth-order valence-corrected chi connectivity index (χ4v) is 3.75. The summed E-state index contributed by atoms with van der Waals surface area (Å²) in [6.45, 7) is 2.03. The molecule has 102 valence electrons. The maximum atomic E-state index is 12.7. The second kappa shape index (κ2) is 4.80. The van der Waals surface area contributed by atoms with Crippen LogP contribution in [-0.4, -0.2) is 13.4 Å². The standard InChI is InChI=1S/C16H15NO2S/c1-12-7-9-14-15(10-8-12)17-11-16(14)20(18,19)13-5-3-2-4-6-13/h2-6,8-11,17H,7H2,1H3. The van der Waals surface area contributed by atoms with Gasteiger partial charge in [-0.25, -0.2) is 8.42 Å². The SMILES string of the molecule is CC1=CC=c2[nH]cc(S(=O)(=O)c3ccccc3)c2=CC1. The summed E-state index contributed by atoms with van der Waals surface area (Å²) in [4.78, 5) is 3.72. The molecule has 0 spiro atoms. The van der Waals surface area contributed by atoms with Gasteiger partial charge in [-0.05, 0) is 31.6 Å². The molecule has 1 aliphatic carbocycles. The zero-order valence-corrected chi connectivity index (χ0v) is 11.9. The number of benzene rings is 1. The Labute approximate surface area is 117 Å². The highest BCUT2D eigenvalue weighted by atomic mass is 32.2. The van der Waals surface area contributed by atoms with Crippen LogP contribution in [0.4, 0.5) is 0 Å². The number of fused-ring (bicyclic) bond motifs is 1. The number of sulfone groups is 1. The maximum absolute atomic E-state index is 12.7. The first kappa shape index (κ1) is 12.9. The zero-order chi connectivity index (χ0) is 14.2. The number of aromatic nitrogens is 1. The van der Waals surface area contributed by atoms with Gasteiger partial charge in [0.2, 0.25) is 9.84 Å². The third-order valence-corrected chi connectivity index (χ3v) is 5.23. The Morgan fingerprint density at radius 2 is 1.85 bits per heavy atom. The van der Waals surface area contributed by atoms with Gasteiger partial charge in [-0.3, -0.25) is 0 Å². The van der Waals surface area contributed by atoms with Crippen LogP contribution in [0.5, 0.6) is 0 Å². The molecule has 0 fully saturated rings. The molecule has 2 aromatic rings. The highest BCUT2D eigenvalue weighted by Crippen LogP contribution is 2.17. The molecule has 3 rings (SSSR count). The Morgan fingerprint density at radius 1 is 1.10 bits per heavy atom. The summed E-state index contributed by atoms with van der Waals surface area (Å²) < 4.78 is 25.4. The van der Waals surface area contributed by atoms with Crippen molar-refractivity contribution in [2.24, 2.45) is 0 Å². The van der Waals surface area contributed by atoms with Crippen molar-refractivity contribution >= 4 is 22.0 Å². The van der Waals surface area contributed by atoms with Crippen LogP contribution < -0.4 is 10.6 Å². The van der Waals surface area contributed by atoms with E-state index in [1.807, 2.05) is 31.2 Å². The van der Waals surface area contributed by atoms with Crippen molar-refractivity contribution in [3.8, 4) is 0 Å². The summed E-state index contributed by atoms with van der Waals surface area (Å²) in [6, 6.07) is 8.53. The van der Waals surface area contributed by atoms with E-state index in [-0.39, 0.29) is 0 Å². The monoisotopic (exact) mass is 285 g/mol. The maximum Gasteiger partial charge on any atom is 0.208 e. The molecule has 0 atom stereocenters. The Balaban J connectivity index is 2.24. The van der Waals surface area contributed by atoms with Crippen molar-refractivity contribution in [2.45, 2.75) is 23.1 Å². The Hall–Kier alpha value is -2.07. The summed E-state index contributed by atoms with van der Waals surface area (Å²) >= 11 is 0. The van der Waals surface area contributed by atoms with Crippen molar-refractivity contribution in [1.82, 2.24) is 4.98 Å². The lowest BCUT2D eigenvalue weighted by Crippen LogP contribution is -2.26. The molecule has 1 aliphatic rings. The second-order valence-corrected chi connectivity index (χ2v) is 6.80. The van der Waals surface area contributed by atoms with E-state index in [1.165, 1.54) is 5.57 Å². The minimum absolute atomic E-state index is 0.323. The number of aromatic amines is 1. The van der Waals surface area contributed by atoms with Gasteiger partial charge in [-0.1, -0.05) is 35.9 Å². The average molecular weight is 285 g/mol. The molecular formula is C16H15NO2S. The molecule has 4 heteroatoms. The molecule has 0 aliphatic heterocycles. The van der Waals surface area contributed by atoms with Crippen molar-refractivity contribution in [1.29, 1.82) is 0 Å². The van der Waals surface area contributed by atoms with E-state index in [2.05, 4.69) is 4.98 Å². The van der Waals surface area contributed by atoms with Crippen LogP contribution in [0.25, 0.3) is 12.2 Å². The van der Waals surface area contributed by atoms with Crippen LogP contribution in [0.1, 0.15) is 13.3 Å². The number of nitrogens with one attached hydrogen (secondary N) is 1. The van der Waals surface area contributed by atoms with Gasteiger partial charge in [0.05, 0.1) is 9.79 Å². The predicted molar refractivity (Wildman–Crippen MR) is 79.2 cm³/mol. The molecule has 0 radical (unpaired) electrons. The topological polar surface area (TPSA) is 49.9 Å². The van der Waals surface area contributed by atoms with Gasteiger partial charge in [-0.2, -0.15) is 0 Å². The fraction of sp³-hybridized carbons (Fsp3) is 0.125. The van der Waals surface area contributed by atoms with Crippen LogP contribution >= 0.6 is 0 Å². The highest BCUT2D eigenvalue weighted by molar-refractivity contribution is 7.91. The van der Waals surface area contributed by atoms with Gasteiger partial charge < -0.3 is 4.98 Å². The van der Waals surface area contributed by atoms with Gasteiger partial charge in [0.1, 0.15) is 0 Å². The summed E-state index contributed by atoms with van der Waals surface area (Å²) in [5.74, 6) is 0. The van der Waals surface area contributed by atoms with E-state index in [4.69, 9.17) is 0 Å². The molecule has 1 N–H and O–H groups in total. The van der Waals surface area contributed by atoms with E-state index in [0.29, 0.717) is 9.79 Å². The van der Waals surface area contributed by atoms with E-state index in [9.17, 15) is 8.42 Å². The van der Waals surface area contributed by atoms with Gasteiger partial charge in [-0.15, -0.1) is 0 Å². The molecule has 1 heterocycles. The first-order chi connectivity index (χ1) is 9.59. The van der Waals surface area contributed by atoms with Crippen molar-refractivity contribution in [3.63, 3.8) is 0 Å². The summed E-state index contributed by atoms with van der Waals surface area (Å²) in [7, 11) is -3.48. The minimum Gasteiger partial charge on any atom is -0.360 e. The molecule has 1 aromatic carbocycles. The van der Waals surface area contributed by atoms with Crippen LogP contribution in [0, 0.1) is 0 Å². The van der Waals surface area contributed by atoms with E-state index in [0.717, 1.165) is 17.0 Å². The largest absolute Gasteiger partial charge is 0.360 e. The van der Waals surface area contributed by atoms with Crippen molar-refractivity contribution in [3.05, 3.63) is 58.7 Å². The van der Waals surface area contributed by atoms with Crippen molar-refractivity contribution in [2.75, 3.05) is 0 Å². The fourth-order valence-electron chi connectivity index (χ4n) is 2.29. The molecule has 0 saturated heterocycles. The van der Waals surface area contributed by atoms with E-state index in [1.54, 1.807) is 30.5 Å². The Morgan fingerprint density at radius 3 is 2.60 bits per heavy atom. The lowest BCUT2D eigenvalue weighted by molar-refractivity contribution is 0.595. The Bertz CT molecular complexity index is 888. The molecule has 0 unspecified atom stereocenters. The number of rotatable bonds is 2. The summed E-state index contributed by atoms with van der Waals surface area (Å²) in [6.07, 6.45) is 8.25. The number of allylic oxidation sites excluding steroid dienone is 2. The van der Waals surface area contributed by atoms with E-state index >= 15 is 0 Å². The quantitative estimate of drug-likeness (QED) is 0.914. The van der Waals surface area contributed by atoms with Crippen LogP contribution in [0.2, 0.25) is 0 Å². The molecular weight excluding hydrogens is 270 g/mol. The Kier molecular flexibility index (Phi) is 3.10. The third kappa shape index (κ3) is 2.12. The van der Waals surface area contributed by atoms with Gasteiger partial charge in [0, 0.05) is 16.8 Å². The lowest BCUT2D eigenvalue weighted by Gasteiger charge is -2.01. The van der Waals surface area contributed by atoms with Crippen LogP contribution in [-0.2, 0) is 9.84 Å². The van der Waals surface area contributed by atoms with Crippen LogP contribution in [0.3, 0.4) is 0 Å². The molecule has 0 bridgehead atoms. The predicted octanol–water partition coefficient (Wildman–Crippen LogP) is 1.76. The first-order valence-electron chi connectivity index (χ1n) is 6.44. The molecule has 0 saturated carbocycles. The second-order valence-electron chi connectivity index (χ2n) is 4.88. The first-order valence-corrected chi connectivity index (χ1v) is 7.92. The summed E-state index contributed by atoms with van der Waals surface area (Å²) in [5.41, 5.74) is 1.21. The number of hydrogen-bond donors (Lipinski definition) is 1. The molecule has 20 heavy (non-hydrogen) atoms. The average Bonchev–Trinajstić information content (AvgIpc) is 2.79.